The SMILES string of the molecule is Clc1ccc(-c2cc3ccccc3c3[nH]c4ccccc4c23)cc1. The normalized spacial score (nSPS) is 11.5. The van der Waals surface area contributed by atoms with Crippen molar-refractivity contribution in [2.75, 3.05) is 0 Å². The first kappa shape index (κ1) is 13.6. The Labute approximate surface area is 144 Å². The molecule has 1 heterocycles. The number of benzene rings is 4. The molecule has 0 radical (unpaired) electrons. The Morgan fingerprint density at radius 2 is 1.42 bits per heavy atom. The summed E-state index contributed by atoms with van der Waals surface area (Å²) in [6, 6.07) is 27.4. The smallest absolute Gasteiger partial charge is 0.0550 e. The molecule has 0 spiro atoms. The molecule has 0 saturated carbocycles. The van der Waals surface area contributed by atoms with Crippen LogP contribution in [-0.2, 0) is 0 Å². The van der Waals surface area contributed by atoms with Gasteiger partial charge in [0.05, 0.1) is 5.52 Å². The maximum Gasteiger partial charge on any atom is 0.0550 e. The summed E-state index contributed by atoms with van der Waals surface area (Å²) < 4.78 is 0. The third kappa shape index (κ3) is 1.95. The van der Waals surface area contributed by atoms with Crippen LogP contribution >= 0.6 is 11.6 Å². The van der Waals surface area contributed by atoms with Gasteiger partial charge in [-0.05, 0) is 40.8 Å². The molecule has 1 N–H and O–H groups in total. The van der Waals surface area contributed by atoms with Gasteiger partial charge in [-0.2, -0.15) is 0 Å². The van der Waals surface area contributed by atoms with E-state index in [1.54, 1.807) is 0 Å². The van der Waals surface area contributed by atoms with Crippen LogP contribution < -0.4 is 0 Å². The van der Waals surface area contributed by atoms with Crippen molar-refractivity contribution in [2.24, 2.45) is 0 Å². The number of aromatic amines is 1. The number of hydrogen-bond donors (Lipinski definition) is 1. The lowest BCUT2D eigenvalue weighted by Crippen LogP contribution is -1.83. The van der Waals surface area contributed by atoms with Crippen molar-refractivity contribution >= 4 is 44.2 Å². The molecule has 0 aliphatic carbocycles. The van der Waals surface area contributed by atoms with E-state index < -0.39 is 0 Å². The first-order valence-electron chi connectivity index (χ1n) is 7.99. The minimum Gasteiger partial charge on any atom is -0.354 e. The van der Waals surface area contributed by atoms with Crippen LogP contribution in [0.2, 0.25) is 5.02 Å². The lowest BCUT2D eigenvalue weighted by molar-refractivity contribution is 1.56. The molecule has 0 amide bonds. The Kier molecular flexibility index (Phi) is 2.91. The summed E-state index contributed by atoms with van der Waals surface area (Å²) in [4.78, 5) is 3.62. The fourth-order valence-corrected chi connectivity index (χ4v) is 3.69. The van der Waals surface area contributed by atoms with Gasteiger partial charge < -0.3 is 4.98 Å². The second kappa shape index (κ2) is 5.12. The van der Waals surface area contributed by atoms with Gasteiger partial charge in [0.25, 0.3) is 0 Å². The van der Waals surface area contributed by atoms with Gasteiger partial charge in [-0.1, -0.05) is 66.2 Å². The molecule has 0 bridgehead atoms. The van der Waals surface area contributed by atoms with Crippen LogP contribution in [0.4, 0.5) is 0 Å². The number of H-pyrrole nitrogens is 1. The number of aromatic nitrogens is 1. The molecule has 0 fully saturated rings. The standard InChI is InChI=1S/C22H14ClN/c23-16-11-9-14(10-12-16)19-13-15-5-1-2-6-17(15)22-21(19)18-7-3-4-8-20(18)24-22/h1-13,24H. The van der Waals surface area contributed by atoms with Crippen molar-refractivity contribution < 1.29 is 0 Å². The second-order valence-electron chi connectivity index (χ2n) is 6.07. The van der Waals surface area contributed by atoms with Gasteiger partial charge in [-0.25, -0.2) is 0 Å². The highest BCUT2D eigenvalue weighted by molar-refractivity contribution is 6.30. The number of halogens is 1. The molecule has 114 valence electrons. The van der Waals surface area contributed by atoms with E-state index >= 15 is 0 Å². The van der Waals surface area contributed by atoms with E-state index in [0.717, 1.165) is 5.02 Å². The fraction of sp³-hybridized carbons (Fsp3) is 0. The van der Waals surface area contributed by atoms with E-state index in [1.807, 2.05) is 12.1 Å². The highest BCUT2D eigenvalue weighted by atomic mass is 35.5. The molecule has 0 saturated heterocycles. The van der Waals surface area contributed by atoms with E-state index in [4.69, 9.17) is 11.6 Å². The molecular weight excluding hydrogens is 314 g/mol. The van der Waals surface area contributed by atoms with E-state index in [9.17, 15) is 0 Å². The molecule has 1 nitrogen and oxygen atoms in total. The zero-order valence-electron chi connectivity index (χ0n) is 12.9. The van der Waals surface area contributed by atoms with Crippen LogP contribution in [0, 0.1) is 0 Å². The van der Waals surface area contributed by atoms with Crippen LogP contribution in [-0.4, -0.2) is 4.98 Å². The Morgan fingerprint density at radius 1 is 0.708 bits per heavy atom. The quantitative estimate of drug-likeness (QED) is 0.348. The summed E-state index contributed by atoms with van der Waals surface area (Å²) in [5.74, 6) is 0. The molecular formula is C22H14ClN. The highest BCUT2D eigenvalue weighted by Crippen LogP contribution is 2.39. The predicted octanol–water partition coefficient (Wildman–Crippen LogP) is 6.79. The van der Waals surface area contributed by atoms with Gasteiger partial charge in [-0.15, -0.1) is 0 Å². The molecule has 4 aromatic carbocycles. The zero-order valence-corrected chi connectivity index (χ0v) is 13.6. The minimum absolute atomic E-state index is 0.759. The second-order valence-corrected chi connectivity index (χ2v) is 6.51. The number of hydrogen-bond acceptors (Lipinski definition) is 0. The van der Waals surface area contributed by atoms with Gasteiger partial charge in [0.1, 0.15) is 0 Å². The van der Waals surface area contributed by atoms with Gasteiger partial charge in [0.2, 0.25) is 0 Å². The Balaban J connectivity index is 2.01. The van der Waals surface area contributed by atoms with Crippen LogP contribution in [0.5, 0.6) is 0 Å². The minimum atomic E-state index is 0.759. The van der Waals surface area contributed by atoms with Gasteiger partial charge in [0.15, 0.2) is 0 Å². The topological polar surface area (TPSA) is 15.8 Å². The first-order chi connectivity index (χ1) is 11.8. The molecule has 5 rings (SSSR count). The summed E-state index contributed by atoms with van der Waals surface area (Å²) in [5.41, 5.74) is 4.77. The maximum atomic E-state index is 6.08. The maximum absolute atomic E-state index is 6.08. The fourth-order valence-electron chi connectivity index (χ4n) is 3.56. The van der Waals surface area contributed by atoms with E-state index in [1.165, 1.54) is 43.7 Å². The number of rotatable bonds is 1. The van der Waals surface area contributed by atoms with Crippen molar-refractivity contribution in [2.45, 2.75) is 0 Å². The van der Waals surface area contributed by atoms with Crippen LogP contribution in [0.3, 0.4) is 0 Å². The molecule has 5 aromatic rings. The van der Waals surface area contributed by atoms with Crippen molar-refractivity contribution in [3.05, 3.63) is 83.9 Å². The van der Waals surface area contributed by atoms with Crippen molar-refractivity contribution in [1.29, 1.82) is 0 Å². The Morgan fingerprint density at radius 3 is 2.25 bits per heavy atom. The first-order valence-corrected chi connectivity index (χ1v) is 8.37. The molecule has 0 aliphatic heterocycles. The van der Waals surface area contributed by atoms with Crippen LogP contribution in [0.25, 0.3) is 43.7 Å². The summed E-state index contributed by atoms with van der Waals surface area (Å²) in [6.07, 6.45) is 0. The summed E-state index contributed by atoms with van der Waals surface area (Å²) in [6.45, 7) is 0. The number of fused-ring (bicyclic) bond motifs is 5. The summed E-state index contributed by atoms with van der Waals surface area (Å²) >= 11 is 6.08. The third-order valence-electron chi connectivity index (χ3n) is 4.66. The van der Waals surface area contributed by atoms with Crippen molar-refractivity contribution in [3.63, 3.8) is 0 Å². The average molecular weight is 328 g/mol. The molecule has 0 aliphatic rings. The molecule has 2 heteroatoms. The summed E-state index contributed by atoms with van der Waals surface area (Å²) in [5, 5.41) is 5.77. The van der Waals surface area contributed by atoms with E-state index in [2.05, 4.69) is 71.7 Å². The molecule has 0 unspecified atom stereocenters. The molecule has 1 aromatic heterocycles. The molecule has 24 heavy (non-hydrogen) atoms. The predicted molar refractivity (Wildman–Crippen MR) is 104 cm³/mol. The zero-order chi connectivity index (χ0) is 16.1. The van der Waals surface area contributed by atoms with Gasteiger partial charge in [0, 0.05) is 26.7 Å². The van der Waals surface area contributed by atoms with Crippen molar-refractivity contribution in [1.82, 2.24) is 4.98 Å². The third-order valence-corrected chi connectivity index (χ3v) is 4.91. The lowest BCUT2D eigenvalue weighted by Gasteiger charge is -2.08. The van der Waals surface area contributed by atoms with Gasteiger partial charge >= 0.3 is 0 Å². The van der Waals surface area contributed by atoms with E-state index in [-0.39, 0.29) is 0 Å². The van der Waals surface area contributed by atoms with Crippen molar-refractivity contribution in [3.8, 4) is 11.1 Å². The largest absolute Gasteiger partial charge is 0.354 e. The Hall–Kier alpha value is -2.77. The average Bonchev–Trinajstić information content (AvgIpc) is 3.02. The monoisotopic (exact) mass is 327 g/mol. The highest BCUT2D eigenvalue weighted by Gasteiger charge is 2.13. The van der Waals surface area contributed by atoms with Crippen LogP contribution in [0.1, 0.15) is 0 Å². The van der Waals surface area contributed by atoms with E-state index in [0.29, 0.717) is 0 Å². The van der Waals surface area contributed by atoms with Crippen LogP contribution in [0.15, 0.2) is 78.9 Å². The Bertz CT molecular complexity index is 1200. The summed E-state index contributed by atoms with van der Waals surface area (Å²) in [7, 11) is 0. The number of para-hydroxylation sites is 1. The molecule has 0 atom stereocenters. The number of nitrogens with one attached hydrogen (secondary N) is 1. The lowest BCUT2D eigenvalue weighted by atomic mass is 9.95. The van der Waals surface area contributed by atoms with Gasteiger partial charge in [-0.3, -0.25) is 0 Å².